The Bertz CT molecular complexity index is 1330. The molecule has 162 valence electrons. The van der Waals surface area contributed by atoms with E-state index in [-0.39, 0.29) is 11.9 Å². The fourth-order valence-electron chi connectivity index (χ4n) is 3.39. The molecule has 1 aromatic carbocycles. The highest BCUT2D eigenvalue weighted by Gasteiger charge is 2.17. The monoisotopic (exact) mass is 448 g/mol. The Labute approximate surface area is 189 Å². The van der Waals surface area contributed by atoms with Crippen LogP contribution in [0.2, 0.25) is 5.02 Å². The number of amides is 1. The molecule has 4 aromatic rings. The van der Waals surface area contributed by atoms with Gasteiger partial charge in [0.05, 0.1) is 34.6 Å². The maximum absolute atomic E-state index is 12.7. The maximum atomic E-state index is 12.7. The molecule has 0 bridgehead atoms. The molecular weight excluding hydrogens is 428 g/mol. The highest BCUT2D eigenvalue weighted by Crippen LogP contribution is 2.24. The average molecular weight is 449 g/mol. The molecule has 0 aliphatic carbocycles. The van der Waals surface area contributed by atoms with Crippen molar-refractivity contribution in [3.63, 3.8) is 0 Å². The van der Waals surface area contributed by atoms with Crippen molar-refractivity contribution in [1.29, 1.82) is 5.26 Å². The highest BCUT2D eigenvalue weighted by atomic mass is 35.5. The molecule has 0 saturated heterocycles. The van der Waals surface area contributed by atoms with Crippen LogP contribution in [0.25, 0.3) is 22.6 Å². The van der Waals surface area contributed by atoms with Crippen LogP contribution in [0.5, 0.6) is 0 Å². The lowest BCUT2D eigenvalue weighted by atomic mass is 10.1. The molecule has 0 radical (unpaired) electrons. The number of imidazole rings is 1. The molecule has 4 rings (SSSR count). The quantitative estimate of drug-likeness (QED) is 0.488. The first-order valence-electron chi connectivity index (χ1n) is 9.90. The van der Waals surface area contributed by atoms with E-state index in [2.05, 4.69) is 20.5 Å². The number of nitriles is 1. The van der Waals surface area contributed by atoms with Crippen molar-refractivity contribution in [3.05, 3.63) is 65.3 Å². The SMILES string of the molecule is CC(Cn1ccc(-c2ccc(C#N)c(Cl)c2)n1)NC(=O)c1cn(C)c(-c2cnn(C)c2)n1. The molecule has 0 aliphatic rings. The van der Waals surface area contributed by atoms with Crippen LogP contribution in [-0.4, -0.2) is 41.1 Å². The first-order chi connectivity index (χ1) is 15.3. The molecule has 1 atom stereocenters. The Morgan fingerprint density at radius 3 is 2.75 bits per heavy atom. The Kier molecular flexibility index (Phi) is 5.79. The minimum Gasteiger partial charge on any atom is -0.346 e. The van der Waals surface area contributed by atoms with E-state index in [4.69, 9.17) is 16.9 Å². The summed E-state index contributed by atoms with van der Waals surface area (Å²) in [5.74, 6) is 0.420. The minimum atomic E-state index is -0.255. The lowest BCUT2D eigenvalue weighted by Gasteiger charge is -2.13. The second kappa shape index (κ2) is 8.69. The van der Waals surface area contributed by atoms with E-state index in [9.17, 15) is 4.79 Å². The molecular formula is C22H21ClN8O. The largest absolute Gasteiger partial charge is 0.346 e. The second-order valence-corrected chi connectivity index (χ2v) is 7.97. The van der Waals surface area contributed by atoms with Crippen LogP contribution in [0.1, 0.15) is 23.0 Å². The Morgan fingerprint density at radius 2 is 2.06 bits per heavy atom. The number of nitrogens with zero attached hydrogens (tertiary/aromatic N) is 7. The van der Waals surface area contributed by atoms with Crippen molar-refractivity contribution in [2.45, 2.75) is 19.5 Å². The predicted molar refractivity (Wildman–Crippen MR) is 120 cm³/mol. The van der Waals surface area contributed by atoms with E-state index in [0.29, 0.717) is 28.6 Å². The third-order valence-corrected chi connectivity index (χ3v) is 5.25. The summed E-state index contributed by atoms with van der Waals surface area (Å²) in [6.45, 7) is 2.39. The molecule has 1 N–H and O–H groups in total. The number of nitrogens with one attached hydrogen (secondary N) is 1. The Morgan fingerprint density at radius 1 is 1.25 bits per heavy atom. The summed E-state index contributed by atoms with van der Waals surface area (Å²) in [5.41, 5.74) is 3.16. The normalized spacial score (nSPS) is 11.8. The van der Waals surface area contributed by atoms with E-state index >= 15 is 0 Å². The summed E-state index contributed by atoms with van der Waals surface area (Å²) in [4.78, 5) is 17.2. The summed E-state index contributed by atoms with van der Waals surface area (Å²) in [6.07, 6.45) is 7.10. The molecule has 0 aliphatic heterocycles. The van der Waals surface area contributed by atoms with Gasteiger partial charge in [0.25, 0.3) is 5.91 Å². The van der Waals surface area contributed by atoms with Crippen LogP contribution >= 0.6 is 11.6 Å². The fourth-order valence-corrected chi connectivity index (χ4v) is 3.61. The van der Waals surface area contributed by atoms with Crippen LogP contribution in [0.3, 0.4) is 0 Å². The molecule has 10 heteroatoms. The van der Waals surface area contributed by atoms with Crippen LogP contribution in [-0.2, 0) is 20.6 Å². The zero-order valence-corrected chi connectivity index (χ0v) is 18.6. The zero-order valence-electron chi connectivity index (χ0n) is 17.8. The van der Waals surface area contributed by atoms with Crippen LogP contribution < -0.4 is 5.32 Å². The number of carbonyl (C=O) groups excluding carboxylic acids is 1. The van der Waals surface area contributed by atoms with Gasteiger partial charge in [-0.15, -0.1) is 0 Å². The average Bonchev–Trinajstić information content (AvgIpc) is 3.48. The van der Waals surface area contributed by atoms with Gasteiger partial charge in [0.2, 0.25) is 0 Å². The standard InChI is InChI=1S/C22H21ClN8O/c1-14(11-31-7-6-19(28-31)15-4-5-16(9-24)18(23)8-15)26-22(32)20-13-29(2)21(27-20)17-10-25-30(3)12-17/h4-8,10,12-14H,11H2,1-3H3,(H,26,32). The van der Waals surface area contributed by atoms with Gasteiger partial charge in [-0.3, -0.25) is 14.2 Å². The summed E-state index contributed by atoms with van der Waals surface area (Å²) >= 11 is 6.12. The number of rotatable bonds is 6. The van der Waals surface area contributed by atoms with Crippen molar-refractivity contribution in [2.24, 2.45) is 14.1 Å². The van der Waals surface area contributed by atoms with Gasteiger partial charge < -0.3 is 9.88 Å². The third-order valence-electron chi connectivity index (χ3n) is 4.94. The number of benzene rings is 1. The van der Waals surface area contributed by atoms with Gasteiger partial charge in [-0.1, -0.05) is 17.7 Å². The first-order valence-corrected chi connectivity index (χ1v) is 10.3. The summed E-state index contributed by atoms with van der Waals surface area (Å²) in [6, 6.07) is 8.94. The molecule has 9 nitrogen and oxygen atoms in total. The number of carbonyl (C=O) groups is 1. The van der Waals surface area contributed by atoms with Gasteiger partial charge in [-0.2, -0.15) is 15.5 Å². The number of hydrogen-bond acceptors (Lipinski definition) is 5. The van der Waals surface area contributed by atoms with Crippen LogP contribution in [0.4, 0.5) is 0 Å². The lowest BCUT2D eigenvalue weighted by Crippen LogP contribution is -2.36. The van der Waals surface area contributed by atoms with E-state index < -0.39 is 0 Å². The van der Waals surface area contributed by atoms with Crippen molar-refractivity contribution < 1.29 is 4.79 Å². The van der Waals surface area contributed by atoms with Gasteiger partial charge in [-0.25, -0.2) is 4.98 Å². The summed E-state index contributed by atoms with van der Waals surface area (Å²) in [5, 5.41) is 21.1. The molecule has 1 unspecified atom stereocenters. The zero-order chi connectivity index (χ0) is 22.8. The van der Waals surface area contributed by atoms with Crippen LogP contribution in [0.15, 0.2) is 49.1 Å². The van der Waals surface area contributed by atoms with E-state index in [1.165, 1.54) is 0 Å². The van der Waals surface area contributed by atoms with E-state index in [1.54, 1.807) is 38.5 Å². The minimum absolute atomic E-state index is 0.177. The Balaban J connectivity index is 1.41. The van der Waals surface area contributed by atoms with Gasteiger partial charge in [0.15, 0.2) is 0 Å². The number of hydrogen-bond donors (Lipinski definition) is 1. The summed E-state index contributed by atoms with van der Waals surface area (Å²) < 4.78 is 5.25. The van der Waals surface area contributed by atoms with E-state index in [0.717, 1.165) is 16.8 Å². The molecule has 0 spiro atoms. The molecule has 1 amide bonds. The van der Waals surface area contributed by atoms with Gasteiger partial charge in [0, 0.05) is 44.3 Å². The number of aromatic nitrogens is 6. The number of aryl methyl sites for hydroxylation is 2. The maximum Gasteiger partial charge on any atom is 0.271 e. The molecule has 0 fully saturated rings. The predicted octanol–water partition coefficient (Wildman–Crippen LogP) is 3.03. The van der Waals surface area contributed by atoms with Crippen molar-refractivity contribution >= 4 is 17.5 Å². The van der Waals surface area contributed by atoms with Gasteiger partial charge >= 0.3 is 0 Å². The smallest absolute Gasteiger partial charge is 0.271 e. The number of halogens is 1. The van der Waals surface area contributed by atoms with E-state index in [1.807, 2.05) is 51.6 Å². The molecule has 0 saturated carbocycles. The Hall–Kier alpha value is -3.90. The van der Waals surface area contributed by atoms with Gasteiger partial charge in [-0.05, 0) is 25.1 Å². The lowest BCUT2D eigenvalue weighted by molar-refractivity contribution is 0.0931. The molecule has 3 heterocycles. The first kappa shape index (κ1) is 21.3. The molecule has 3 aromatic heterocycles. The van der Waals surface area contributed by atoms with Crippen molar-refractivity contribution in [3.8, 4) is 28.7 Å². The van der Waals surface area contributed by atoms with Gasteiger partial charge in [0.1, 0.15) is 17.6 Å². The fraction of sp³-hybridized carbons (Fsp3) is 0.227. The summed E-state index contributed by atoms with van der Waals surface area (Å²) in [7, 11) is 3.68. The van der Waals surface area contributed by atoms with Crippen molar-refractivity contribution in [2.75, 3.05) is 0 Å². The topological polar surface area (TPSA) is 106 Å². The third kappa shape index (κ3) is 4.40. The molecule has 32 heavy (non-hydrogen) atoms. The van der Waals surface area contributed by atoms with Crippen LogP contribution in [0, 0.1) is 11.3 Å². The highest BCUT2D eigenvalue weighted by molar-refractivity contribution is 6.32. The second-order valence-electron chi connectivity index (χ2n) is 7.57. The van der Waals surface area contributed by atoms with Crippen molar-refractivity contribution in [1.82, 2.24) is 34.4 Å².